The van der Waals surface area contributed by atoms with Crippen molar-refractivity contribution in [2.45, 2.75) is 57.6 Å². The van der Waals surface area contributed by atoms with Crippen molar-refractivity contribution >= 4 is 38.3 Å². The van der Waals surface area contributed by atoms with Crippen LogP contribution in [0.2, 0.25) is 5.02 Å². The van der Waals surface area contributed by atoms with Gasteiger partial charge in [0.15, 0.2) is 21.3 Å². The van der Waals surface area contributed by atoms with Crippen molar-refractivity contribution in [3.05, 3.63) is 88.7 Å². The number of sulfone groups is 1. The Morgan fingerprint density at radius 1 is 0.946 bits per heavy atom. The summed E-state index contributed by atoms with van der Waals surface area (Å²) in [5, 5.41) is 0.648. The second-order valence-corrected chi connectivity index (χ2v) is 12.2. The Morgan fingerprint density at radius 2 is 1.57 bits per heavy atom. The number of hydrogen-bond donors (Lipinski definition) is 0. The Kier molecular flexibility index (Phi) is 7.76. The molecule has 0 aliphatic heterocycles. The highest BCUT2D eigenvalue weighted by Gasteiger charge is 2.30. The van der Waals surface area contributed by atoms with Gasteiger partial charge in [-0.1, -0.05) is 36.7 Å². The van der Waals surface area contributed by atoms with Crippen molar-refractivity contribution < 1.29 is 17.9 Å². The Morgan fingerprint density at radius 3 is 2.19 bits per heavy atom. The van der Waals surface area contributed by atoms with E-state index in [0.717, 1.165) is 34.5 Å². The van der Waals surface area contributed by atoms with Gasteiger partial charge in [-0.25, -0.2) is 13.4 Å². The quantitative estimate of drug-likeness (QED) is 0.241. The highest BCUT2D eigenvalue weighted by atomic mass is 35.5. The SMILES string of the molecule is CCn1c(C(C)(C)Oc2ccc(Cl)cc2)nc2cc(CC(=O)Cc3ccc(S(=O)(=O)CC)cc3)ccc21. The average Bonchev–Trinajstić information content (AvgIpc) is 3.24. The molecular weight excluding hydrogens is 508 g/mol. The van der Waals surface area contributed by atoms with Crippen molar-refractivity contribution in [3.63, 3.8) is 0 Å². The van der Waals surface area contributed by atoms with Gasteiger partial charge < -0.3 is 9.30 Å². The summed E-state index contributed by atoms with van der Waals surface area (Å²) >= 11 is 6.01. The van der Waals surface area contributed by atoms with Crippen LogP contribution in [-0.4, -0.2) is 29.5 Å². The summed E-state index contributed by atoms with van der Waals surface area (Å²) in [5.41, 5.74) is 2.76. The summed E-state index contributed by atoms with van der Waals surface area (Å²) in [5.74, 6) is 1.60. The minimum Gasteiger partial charge on any atom is -0.480 e. The molecule has 1 aromatic heterocycles. The summed E-state index contributed by atoms with van der Waals surface area (Å²) in [6.07, 6.45) is 0.505. The predicted octanol–water partition coefficient (Wildman–Crippen LogP) is 6.17. The molecule has 0 saturated heterocycles. The van der Waals surface area contributed by atoms with Gasteiger partial charge in [-0.3, -0.25) is 4.79 Å². The van der Waals surface area contributed by atoms with E-state index in [9.17, 15) is 13.2 Å². The maximum Gasteiger partial charge on any atom is 0.178 e. The average molecular weight is 539 g/mol. The fourth-order valence-electron chi connectivity index (χ4n) is 4.41. The van der Waals surface area contributed by atoms with E-state index in [2.05, 4.69) is 11.5 Å². The monoisotopic (exact) mass is 538 g/mol. The van der Waals surface area contributed by atoms with Crippen LogP contribution < -0.4 is 4.74 Å². The molecule has 0 saturated carbocycles. The lowest BCUT2D eigenvalue weighted by Crippen LogP contribution is -2.29. The van der Waals surface area contributed by atoms with E-state index in [1.54, 1.807) is 43.3 Å². The molecule has 0 spiro atoms. The van der Waals surface area contributed by atoms with Gasteiger partial charge >= 0.3 is 0 Å². The molecule has 0 aliphatic carbocycles. The first-order valence-corrected chi connectivity index (χ1v) is 14.3. The molecule has 0 N–H and O–H groups in total. The number of carbonyl (C=O) groups is 1. The van der Waals surface area contributed by atoms with E-state index in [1.165, 1.54) is 0 Å². The number of hydrogen-bond acceptors (Lipinski definition) is 5. The number of ketones is 1. The molecule has 0 atom stereocenters. The predicted molar refractivity (Wildman–Crippen MR) is 147 cm³/mol. The highest BCUT2D eigenvalue weighted by molar-refractivity contribution is 7.91. The van der Waals surface area contributed by atoms with E-state index in [-0.39, 0.29) is 29.3 Å². The number of aryl methyl sites for hydroxylation is 1. The van der Waals surface area contributed by atoms with Crippen molar-refractivity contribution in [1.29, 1.82) is 0 Å². The first-order valence-electron chi connectivity index (χ1n) is 12.3. The Balaban J connectivity index is 1.52. The zero-order valence-electron chi connectivity index (χ0n) is 21.5. The van der Waals surface area contributed by atoms with Crippen LogP contribution in [0.25, 0.3) is 11.0 Å². The van der Waals surface area contributed by atoms with Gasteiger partial charge in [0.2, 0.25) is 0 Å². The topological polar surface area (TPSA) is 78.3 Å². The van der Waals surface area contributed by atoms with Crippen molar-refractivity contribution in [1.82, 2.24) is 9.55 Å². The van der Waals surface area contributed by atoms with Crippen LogP contribution in [0.4, 0.5) is 0 Å². The molecule has 8 heteroatoms. The third-order valence-corrected chi connectivity index (χ3v) is 8.32. The summed E-state index contributed by atoms with van der Waals surface area (Å²) in [7, 11) is -3.25. The fraction of sp³-hybridized carbons (Fsp3) is 0.310. The molecule has 1 heterocycles. The first kappa shape index (κ1) is 26.9. The van der Waals surface area contributed by atoms with Crippen LogP contribution in [0, 0.1) is 0 Å². The summed E-state index contributed by atoms with van der Waals surface area (Å²) in [6.45, 7) is 8.37. The minimum absolute atomic E-state index is 0.0481. The molecule has 3 aromatic carbocycles. The van der Waals surface area contributed by atoms with Gasteiger partial charge in [0, 0.05) is 24.4 Å². The number of fused-ring (bicyclic) bond motifs is 1. The van der Waals surface area contributed by atoms with Crippen LogP contribution in [0.3, 0.4) is 0 Å². The first-order chi connectivity index (χ1) is 17.5. The molecule has 4 aromatic rings. The van der Waals surface area contributed by atoms with Crippen molar-refractivity contribution in [2.75, 3.05) is 5.75 Å². The van der Waals surface area contributed by atoms with Crippen LogP contribution in [0.15, 0.2) is 71.6 Å². The van der Waals surface area contributed by atoms with Gasteiger partial charge in [-0.05, 0) is 80.4 Å². The third-order valence-electron chi connectivity index (χ3n) is 6.32. The Bertz CT molecular complexity index is 1520. The number of benzene rings is 3. The molecule has 6 nitrogen and oxygen atoms in total. The van der Waals surface area contributed by atoms with E-state index in [1.807, 2.05) is 44.2 Å². The molecule has 0 unspecified atom stereocenters. The highest BCUT2D eigenvalue weighted by Crippen LogP contribution is 2.31. The lowest BCUT2D eigenvalue weighted by atomic mass is 10.0. The zero-order valence-corrected chi connectivity index (χ0v) is 23.1. The number of halogens is 1. The molecule has 0 amide bonds. The number of imidazole rings is 1. The number of rotatable bonds is 10. The number of aromatic nitrogens is 2. The van der Waals surface area contributed by atoms with E-state index in [4.69, 9.17) is 21.3 Å². The maximum absolute atomic E-state index is 12.8. The van der Waals surface area contributed by atoms with Crippen molar-refractivity contribution in [2.24, 2.45) is 0 Å². The molecule has 0 radical (unpaired) electrons. The van der Waals surface area contributed by atoms with Crippen LogP contribution in [0.1, 0.15) is 44.6 Å². The van der Waals surface area contributed by atoms with E-state index in [0.29, 0.717) is 10.8 Å². The molecular formula is C29H31ClN2O4S. The van der Waals surface area contributed by atoms with Gasteiger partial charge in [0.25, 0.3) is 0 Å². The third kappa shape index (κ3) is 6.05. The minimum atomic E-state index is -3.25. The van der Waals surface area contributed by atoms with Crippen molar-refractivity contribution in [3.8, 4) is 5.75 Å². The Hall–Kier alpha value is -3.16. The molecule has 0 fully saturated rings. The smallest absolute Gasteiger partial charge is 0.178 e. The number of carbonyl (C=O) groups excluding carboxylic acids is 1. The van der Waals surface area contributed by atoms with Crippen LogP contribution in [-0.2, 0) is 39.6 Å². The maximum atomic E-state index is 12.8. The second kappa shape index (κ2) is 10.7. The summed E-state index contributed by atoms with van der Waals surface area (Å²) < 4.78 is 32.4. The molecule has 0 bridgehead atoms. The number of nitrogens with zero attached hydrogens (tertiary/aromatic N) is 2. The van der Waals surface area contributed by atoms with Gasteiger partial charge in [-0.15, -0.1) is 0 Å². The lowest BCUT2D eigenvalue weighted by molar-refractivity contribution is -0.117. The number of Topliss-reactive ketones (excluding diaryl/α,β-unsaturated/α-hetero) is 1. The van der Waals surface area contributed by atoms with Gasteiger partial charge in [0.05, 0.1) is 21.7 Å². The molecule has 4 rings (SSSR count). The summed E-state index contributed by atoms with van der Waals surface area (Å²) in [4.78, 5) is 18.0. The lowest BCUT2D eigenvalue weighted by Gasteiger charge is -2.26. The van der Waals surface area contributed by atoms with Gasteiger partial charge in [0.1, 0.15) is 11.5 Å². The van der Waals surface area contributed by atoms with Crippen LogP contribution in [0.5, 0.6) is 5.75 Å². The summed E-state index contributed by atoms with van der Waals surface area (Å²) in [6, 6.07) is 19.7. The largest absolute Gasteiger partial charge is 0.480 e. The molecule has 0 aliphatic rings. The standard InChI is InChI=1S/C29H31ClN2O4S/c1-5-32-27-16-9-21(18-23(33)17-20-7-14-25(15-8-20)37(34,35)6-2)19-26(27)31-28(32)29(3,4)36-24-12-10-22(30)11-13-24/h7-16,19H,5-6,17-18H2,1-4H3. The fourth-order valence-corrected chi connectivity index (χ4v) is 5.42. The second-order valence-electron chi connectivity index (χ2n) is 9.51. The van der Waals surface area contributed by atoms with Crippen LogP contribution >= 0.6 is 11.6 Å². The molecule has 37 heavy (non-hydrogen) atoms. The van der Waals surface area contributed by atoms with E-state index >= 15 is 0 Å². The zero-order chi connectivity index (χ0) is 26.8. The molecule has 194 valence electrons. The van der Waals surface area contributed by atoms with Gasteiger partial charge in [-0.2, -0.15) is 0 Å². The Labute approximate surface area is 223 Å². The number of ether oxygens (including phenoxy) is 1. The van der Waals surface area contributed by atoms with E-state index < -0.39 is 15.4 Å². The normalized spacial score (nSPS) is 12.1.